The lowest BCUT2D eigenvalue weighted by molar-refractivity contribution is 0.255. The third-order valence-corrected chi connectivity index (χ3v) is 3.64. The van der Waals surface area contributed by atoms with Crippen LogP contribution in [0.2, 0.25) is 0 Å². The van der Waals surface area contributed by atoms with Gasteiger partial charge in [-0.3, -0.25) is 9.69 Å². The summed E-state index contributed by atoms with van der Waals surface area (Å²) in [5.41, 5.74) is 0.770. The van der Waals surface area contributed by atoms with Gasteiger partial charge in [-0.1, -0.05) is 27.2 Å². The van der Waals surface area contributed by atoms with E-state index in [2.05, 4.69) is 11.8 Å². The SMILES string of the molecule is CCCCn1c(CO)cc(=O)c(O)c1CN(CC)CC. The van der Waals surface area contributed by atoms with Crippen LogP contribution in [0.15, 0.2) is 10.9 Å². The molecule has 2 N–H and O–H groups in total. The molecular formula is C15H26N2O3. The van der Waals surface area contributed by atoms with E-state index in [4.69, 9.17) is 0 Å². The van der Waals surface area contributed by atoms with Crippen molar-refractivity contribution in [3.8, 4) is 5.75 Å². The van der Waals surface area contributed by atoms with Crippen LogP contribution in [-0.4, -0.2) is 32.8 Å². The monoisotopic (exact) mass is 282 g/mol. The second-order valence-corrected chi connectivity index (χ2v) is 4.92. The molecular weight excluding hydrogens is 256 g/mol. The highest BCUT2D eigenvalue weighted by Gasteiger charge is 2.16. The number of aliphatic hydroxyl groups is 1. The van der Waals surface area contributed by atoms with Crippen molar-refractivity contribution >= 4 is 0 Å². The van der Waals surface area contributed by atoms with E-state index in [9.17, 15) is 15.0 Å². The zero-order valence-electron chi connectivity index (χ0n) is 12.7. The molecule has 0 unspecified atom stereocenters. The molecule has 0 radical (unpaired) electrons. The molecule has 0 aliphatic rings. The van der Waals surface area contributed by atoms with Gasteiger partial charge in [0.2, 0.25) is 5.43 Å². The predicted molar refractivity (Wildman–Crippen MR) is 79.8 cm³/mol. The highest BCUT2D eigenvalue weighted by Crippen LogP contribution is 2.18. The maximum absolute atomic E-state index is 11.8. The van der Waals surface area contributed by atoms with Crippen LogP contribution in [0.3, 0.4) is 0 Å². The molecule has 1 aromatic heterocycles. The van der Waals surface area contributed by atoms with Gasteiger partial charge in [0.1, 0.15) is 0 Å². The fourth-order valence-electron chi connectivity index (χ4n) is 2.29. The number of rotatable bonds is 8. The molecule has 0 bridgehead atoms. The minimum atomic E-state index is -0.413. The number of aromatic nitrogens is 1. The van der Waals surface area contributed by atoms with Crippen molar-refractivity contribution < 1.29 is 10.2 Å². The molecule has 114 valence electrons. The minimum absolute atomic E-state index is 0.190. The summed E-state index contributed by atoms with van der Waals surface area (Å²) in [5, 5.41) is 19.5. The molecule has 0 aliphatic carbocycles. The van der Waals surface area contributed by atoms with Crippen LogP contribution in [0.25, 0.3) is 0 Å². The number of aliphatic hydroxyl groups excluding tert-OH is 1. The van der Waals surface area contributed by atoms with Crippen LogP contribution in [0.5, 0.6) is 5.75 Å². The molecule has 0 saturated carbocycles. The Balaban J connectivity index is 3.27. The van der Waals surface area contributed by atoms with Gasteiger partial charge in [-0.25, -0.2) is 0 Å². The van der Waals surface area contributed by atoms with Gasteiger partial charge >= 0.3 is 0 Å². The summed E-state index contributed by atoms with van der Waals surface area (Å²) in [6, 6.07) is 1.33. The van der Waals surface area contributed by atoms with Crippen LogP contribution < -0.4 is 5.43 Å². The Morgan fingerprint density at radius 1 is 1.25 bits per heavy atom. The maximum Gasteiger partial charge on any atom is 0.223 e. The number of hydrogen-bond acceptors (Lipinski definition) is 4. The summed E-state index contributed by atoms with van der Waals surface area (Å²) in [6.07, 6.45) is 1.96. The van der Waals surface area contributed by atoms with E-state index in [1.54, 1.807) is 0 Å². The summed E-state index contributed by atoms with van der Waals surface area (Å²) >= 11 is 0. The Bertz CT molecular complexity index is 479. The van der Waals surface area contributed by atoms with Crippen molar-refractivity contribution in [3.05, 3.63) is 27.7 Å². The number of unbranched alkanes of at least 4 members (excludes halogenated alkanes) is 1. The van der Waals surface area contributed by atoms with Gasteiger partial charge in [0.15, 0.2) is 5.75 Å². The molecule has 0 spiro atoms. The molecule has 20 heavy (non-hydrogen) atoms. The quantitative estimate of drug-likeness (QED) is 0.761. The molecule has 0 aliphatic heterocycles. The Hall–Kier alpha value is -1.33. The second kappa shape index (κ2) is 8.07. The Morgan fingerprint density at radius 2 is 1.90 bits per heavy atom. The van der Waals surface area contributed by atoms with Crippen molar-refractivity contribution in [2.75, 3.05) is 13.1 Å². The second-order valence-electron chi connectivity index (χ2n) is 4.92. The summed E-state index contributed by atoms with van der Waals surface area (Å²) in [7, 11) is 0. The molecule has 1 heterocycles. The fourth-order valence-corrected chi connectivity index (χ4v) is 2.29. The number of aromatic hydroxyl groups is 1. The van der Waals surface area contributed by atoms with Crippen LogP contribution in [0.4, 0.5) is 0 Å². The van der Waals surface area contributed by atoms with E-state index in [0.717, 1.165) is 25.9 Å². The van der Waals surface area contributed by atoms with E-state index in [1.807, 2.05) is 18.4 Å². The molecule has 5 nitrogen and oxygen atoms in total. The van der Waals surface area contributed by atoms with Gasteiger partial charge in [0.25, 0.3) is 0 Å². The maximum atomic E-state index is 11.8. The van der Waals surface area contributed by atoms with Crippen molar-refractivity contribution in [3.63, 3.8) is 0 Å². The third-order valence-electron chi connectivity index (χ3n) is 3.64. The Labute approximate surface area is 120 Å². The first-order valence-corrected chi connectivity index (χ1v) is 7.36. The largest absolute Gasteiger partial charge is 0.503 e. The van der Waals surface area contributed by atoms with E-state index in [0.29, 0.717) is 24.5 Å². The van der Waals surface area contributed by atoms with E-state index < -0.39 is 5.43 Å². The Morgan fingerprint density at radius 3 is 2.40 bits per heavy atom. The van der Waals surface area contributed by atoms with Crippen LogP contribution in [0.1, 0.15) is 45.0 Å². The first-order chi connectivity index (χ1) is 9.58. The van der Waals surface area contributed by atoms with Gasteiger partial charge in [0.05, 0.1) is 12.3 Å². The van der Waals surface area contributed by atoms with E-state index >= 15 is 0 Å². The molecule has 0 amide bonds. The zero-order chi connectivity index (χ0) is 15.1. The number of pyridine rings is 1. The molecule has 1 rings (SSSR count). The van der Waals surface area contributed by atoms with Gasteiger partial charge < -0.3 is 14.8 Å². The summed E-state index contributed by atoms with van der Waals surface area (Å²) in [4.78, 5) is 13.9. The smallest absolute Gasteiger partial charge is 0.223 e. The number of nitrogens with zero attached hydrogens (tertiary/aromatic N) is 2. The van der Waals surface area contributed by atoms with Crippen LogP contribution in [-0.2, 0) is 19.7 Å². The summed E-state index contributed by atoms with van der Waals surface area (Å²) < 4.78 is 1.89. The minimum Gasteiger partial charge on any atom is -0.503 e. The van der Waals surface area contributed by atoms with Gasteiger partial charge in [-0.05, 0) is 19.5 Å². The molecule has 0 fully saturated rings. The molecule has 1 aromatic rings. The van der Waals surface area contributed by atoms with Crippen molar-refractivity contribution in [2.45, 2.75) is 53.3 Å². The normalized spacial score (nSPS) is 11.2. The lowest BCUT2D eigenvalue weighted by atomic mass is 10.2. The Kier molecular flexibility index (Phi) is 6.75. The molecule has 0 saturated heterocycles. The third kappa shape index (κ3) is 3.84. The predicted octanol–water partition coefficient (Wildman–Crippen LogP) is 1.69. The standard InChI is InChI=1S/C15H26N2O3/c1-4-7-8-17-12(11-18)9-14(19)15(20)13(17)10-16(5-2)6-3/h9,18,20H,4-8,10-11H2,1-3H3. The molecule has 0 atom stereocenters. The highest BCUT2D eigenvalue weighted by atomic mass is 16.3. The number of hydrogen-bond donors (Lipinski definition) is 2. The first kappa shape index (κ1) is 16.7. The highest BCUT2D eigenvalue weighted by molar-refractivity contribution is 5.30. The van der Waals surface area contributed by atoms with E-state index in [-0.39, 0.29) is 12.4 Å². The van der Waals surface area contributed by atoms with Gasteiger partial charge in [-0.15, -0.1) is 0 Å². The average Bonchev–Trinajstić information content (AvgIpc) is 2.47. The van der Waals surface area contributed by atoms with Crippen molar-refractivity contribution in [1.82, 2.24) is 9.47 Å². The average molecular weight is 282 g/mol. The molecule has 0 aromatic carbocycles. The van der Waals surface area contributed by atoms with Gasteiger partial charge in [0, 0.05) is 24.8 Å². The van der Waals surface area contributed by atoms with Crippen molar-refractivity contribution in [1.29, 1.82) is 0 Å². The summed E-state index contributed by atoms with van der Waals surface area (Å²) in [5.74, 6) is -0.190. The van der Waals surface area contributed by atoms with Crippen LogP contribution in [0, 0.1) is 0 Å². The topological polar surface area (TPSA) is 65.7 Å². The van der Waals surface area contributed by atoms with E-state index in [1.165, 1.54) is 6.07 Å². The van der Waals surface area contributed by atoms with Gasteiger partial charge in [-0.2, -0.15) is 0 Å². The fraction of sp³-hybridized carbons (Fsp3) is 0.667. The van der Waals surface area contributed by atoms with Crippen molar-refractivity contribution in [2.24, 2.45) is 0 Å². The lowest BCUT2D eigenvalue weighted by Crippen LogP contribution is -2.27. The zero-order valence-corrected chi connectivity index (χ0v) is 12.7. The van der Waals surface area contributed by atoms with Crippen LogP contribution >= 0.6 is 0 Å². The lowest BCUT2D eigenvalue weighted by Gasteiger charge is -2.24. The molecule has 5 heteroatoms. The summed E-state index contributed by atoms with van der Waals surface area (Å²) in [6.45, 7) is 8.91. The first-order valence-electron chi connectivity index (χ1n) is 7.36.